The van der Waals surface area contributed by atoms with Crippen LogP contribution in [0.3, 0.4) is 0 Å². The van der Waals surface area contributed by atoms with Crippen LogP contribution in [0.5, 0.6) is 0 Å². The molecule has 0 aliphatic rings. The molecule has 0 saturated carbocycles. The lowest BCUT2D eigenvalue weighted by Gasteiger charge is -2.07. The van der Waals surface area contributed by atoms with E-state index in [0.717, 1.165) is 11.6 Å². The Morgan fingerprint density at radius 3 is 2.60 bits per heavy atom. The summed E-state index contributed by atoms with van der Waals surface area (Å²) in [5.41, 5.74) is 2.72. The standard InChI is InChI=1S/C21H13Cl2FN4O2/c22-14-4-1-12(2-5-14)20-19(17-7-8-25-11-26-17)21(30-28-20)27-18(29)9-13-3-6-15(24)10-16(13)23/h1-8,10-11H,9H2,(H,27,29). The minimum absolute atomic E-state index is 0.0701. The lowest BCUT2D eigenvalue weighted by molar-refractivity contribution is -0.115. The quantitative estimate of drug-likeness (QED) is 0.445. The fraction of sp³-hybridized carbons (Fsp3) is 0.0476. The molecule has 2 heterocycles. The summed E-state index contributed by atoms with van der Waals surface area (Å²) >= 11 is 12.0. The van der Waals surface area contributed by atoms with Crippen molar-refractivity contribution in [2.75, 3.05) is 5.32 Å². The van der Waals surface area contributed by atoms with E-state index in [0.29, 0.717) is 27.5 Å². The predicted molar refractivity (Wildman–Crippen MR) is 112 cm³/mol. The van der Waals surface area contributed by atoms with Crippen LogP contribution in [0.2, 0.25) is 10.0 Å². The summed E-state index contributed by atoms with van der Waals surface area (Å²) in [7, 11) is 0. The number of benzene rings is 2. The Balaban J connectivity index is 1.67. The number of halogens is 3. The number of nitrogens with one attached hydrogen (secondary N) is 1. The van der Waals surface area contributed by atoms with Crippen molar-refractivity contribution in [2.24, 2.45) is 0 Å². The molecule has 4 rings (SSSR count). The SMILES string of the molecule is O=C(Cc1ccc(F)cc1Cl)Nc1onc(-c2ccc(Cl)cc2)c1-c1ccncn1. The molecule has 1 N–H and O–H groups in total. The Bertz CT molecular complexity index is 1200. The molecule has 9 heteroatoms. The average molecular weight is 443 g/mol. The smallest absolute Gasteiger partial charge is 0.241 e. The predicted octanol–water partition coefficient (Wildman–Crippen LogP) is 5.43. The third-order valence-electron chi connectivity index (χ3n) is 4.27. The third kappa shape index (κ3) is 4.32. The van der Waals surface area contributed by atoms with E-state index in [1.165, 1.54) is 18.5 Å². The summed E-state index contributed by atoms with van der Waals surface area (Å²) in [5, 5.41) is 7.55. The second-order valence-corrected chi connectivity index (χ2v) is 7.14. The van der Waals surface area contributed by atoms with Crippen molar-refractivity contribution in [3.05, 3.63) is 82.5 Å². The highest BCUT2D eigenvalue weighted by Crippen LogP contribution is 2.37. The van der Waals surface area contributed by atoms with Crippen LogP contribution in [0.1, 0.15) is 5.56 Å². The van der Waals surface area contributed by atoms with Crippen LogP contribution in [-0.2, 0) is 11.2 Å². The van der Waals surface area contributed by atoms with E-state index in [1.54, 1.807) is 36.5 Å². The summed E-state index contributed by atoms with van der Waals surface area (Å²) in [6.07, 6.45) is 2.89. The van der Waals surface area contributed by atoms with Crippen molar-refractivity contribution >= 4 is 35.0 Å². The van der Waals surface area contributed by atoms with Gasteiger partial charge in [0.15, 0.2) is 0 Å². The summed E-state index contributed by atoms with van der Waals surface area (Å²) in [5.74, 6) is -0.752. The molecule has 0 fully saturated rings. The van der Waals surface area contributed by atoms with Gasteiger partial charge in [-0.05, 0) is 35.9 Å². The summed E-state index contributed by atoms with van der Waals surface area (Å²) in [6.45, 7) is 0. The monoisotopic (exact) mass is 442 g/mol. The zero-order valence-corrected chi connectivity index (χ0v) is 16.8. The number of hydrogen-bond donors (Lipinski definition) is 1. The molecule has 4 aromatic rings. The maximum Gasteiger partial charge on any atom is 0.241 e. The van der Waals surface area contributed by atoms with E-state index in [1.807, 2.05) is 0 Å². The largest absolute Gasteiger partial charge is 0.337 e. The van der Waals surface area contributed by atoms with Gasteiger partial charge < -0.3 is 4.52 Å². The van der Waals surface area contributed by atoms with Gasteiger partial charge in [0.25, 0.3) is 0 Å². The molecular weight excluding hydrogens is 430 g/mol. The van der Waals surface area contributed by atoms with Gasteiger partial charge in [-0.2, -0.15) is 0 Å². The van der Waals surface area contributed by atoms with Gasteiger partial charge in [-0.15, -0.1) is 0 Å². The van der Waals surface area contributed by atoms with Gasteiger partial charge in [0.05, 0.1) is 17.7 Å². The second-order valence-electron chi connectivity index (χ2n) is 6.30. The average Bonchev–Trinajstić information content (AvgIpc) is 3.14. The van der Waals surface area contributed by atoms with Gasteiger partial charge in [-0.3, -0.25) is 10.1 Å². The van der Waals surface area contributed by atoms with Crippen molar-refractivity contribution < 1.29 is 13.7 Å². The number of anilines is 1. The number of carbonyl (C=O) groups excluding carboxylic acids is 1. The van der Waals surface area contributed by atoms with Gasteiger partial charge in [0, 0.05) is 21.8 Å². The van der Waals surface area contributed by atoms with Crippen LogP contribution in [0.4, 0.5) is 10.3 Å². The summed E-state index contributed by atoms with van der Waals surface area (Å²) in [6, 6.07) is 12.6. The van der Waals surface area contributed by atoms with E-state index in [-0.39, 0.29) is 17.3 Å². The summed E-state index contributed by atoms with van der Waals surface area (Å²) < 4.78 is 18.7. The van der Waals surface area contributed by atoms with Crippen molar-refractivity contribution in [2.45, 2.75) is 6.42 Å². The first-order chi connectivity index (χ1) is 14.5. The lowest BCUT2D eigenvalue weighted by atomic mass is 10.0. The van der Waals surface area contributed by atoms with Crippen LogP contribution >= 0.6 is 23.2 Å². The number of carbonyl (C=O) groups is 1. The number of amides is 1. The Kier molecular flexibility index (Phi) is 5.74. The highest BCUT2D eigenvalue weighted by Gasteiger charge is 2.22. The topological polar surface area (TPSA) is 80.9 Å². The van der Waals surface area contributed by atoms with E-state index in [2.05, 4.69) is 20.4 Å². The lowest BCUT2D eigenvalue weighted by Crippen LogP contribution is -2.15. The van der Waals surface area contributed by atoms with Crippen LogP contribution in [0, 0.1) is 5.82 Å². The molecule has 2 aromatic heterocycles. The van der Waals surface area contributed by atoms with Crippen LogP contribution < -0.4 is 5.32 Å². The third-order valence-corrected chi connectivity index (χ3v) is 4.87. The van der Waals surface area contributed by atoms with Crippen molar-refractivity contribution in [1.29, 1.82) is 0 Å². The summed E-state index contributed by atoms with van der Waals surface area (Å²) in [4.78, 5) is 20.8. The van der Waals surface area contributed by atoms with E-state index in [9.17, 15) is 9.18 Å². The number of rotatable bonds is 5. The zero-order valence-electron chi connectivity index (χ0n) is 15.3. The van der Waals surface area contributed by atoms with Crippen LogP contribution in [0.25, 0.3) is 22.5 Å². The molecule has 30 heavy (non-hydrogen) atoms. The Labute approximate surface area is 180 Å². The Hall–Kier alpha value is -3.29. The molecular formula is C21H13Cl2FN4O2. The first-order valence-corrected chi connectivity index (χ1v) is 9.52. The minimum Gasteiger partial charge on any atom is -0.337 e. The highest BCUT2D eigenvalue weighted by atomic mass is 35.5. The van der Waals surface area contributed by atoms with Gasteiger partial charge in [-0.25, -0.2) is 14.4 Å². The number of hydrogen-bond acceptors (Lipinski definition) is 5. The Morgan fingerprint density at radius 2 is 1.90 bits per heavy atom. The molecule has 0 aliphatic heterocycles. The fourth-order valence-corrected chi connectivity index (χ4v) is 3.23. The molecule has 0 unspecified atom stereocenters. The highest BCUT2D eigenvalue weighted by molar-refractivity contribution is 6.31. The molecule has 0 spiro atoms. The van der Waals surface area contributed by atoms with Gasteiger partial charge in [0.1, 0.15) is 17.8 Å². The van der Waals surface area contributed by atoms with Gasteiger partial charge in [0.2, 0.25) is 11.8 Å². The van der Waals surface area contributed by atoms with Gasteiger partial charge in [-0.1, -0.05) is 46.6 Å². The van der Waals surface area contributed by atoms with Crippen molar-refractivity contribution in [3.8, 4) is 22.5 Å². The molecule has 150 valence electrons. The minimum atomic E-state index is -0.474. The normalized spacial score (nSPS) is 10.8. The van der Waals surface area contributed by atoms with E-state index >= 15 is 0 Å². The first kappa shape index (κ1) is 20.0. The maximum absolute atomic E-state index is 13.2. The molecule has 0 bridgehead atoms. The molecule has 0 aliphatic carbocycles. The number of nitrogens with zero attached hydrogens (tertiary/aromatic N) is 3. The molecule has 1 amide bonds. The van der Waals surface area contributed by atoms with Crippen LogP contribution in [-0.4, -0.2) is 21.0 Å². The molecule has 6 nitrogen and oxygen atoms in total. The Morgan fingerprint density at radius 1 is 1.10 bits per heavy atom. The van der Waals surface area contributed by atoms with Crippen molar-refractivity contribution in [3.63, 3.8) is 0 Å². The molecule has 0 atom stereocenters. The van der Waals surface area contributed by atoms with Gasteiger partial charge >= 0.3 is 0 Å². The van der Waals surface area contributed by atoms with E-state index in [4.69, 9.17) is 27.7 Å². The van der Waals surface area contributed by atoms with Crippen LogP contribution in [0.15, 0.2) is 65.6 Å². The molecule has 0 radical (unpaired) electrons. The number of aromatic nitrogens is 3. The molecule has 0 saturated heterocycles. The first-order valence-electron chi connectivity index (χ1n) is 8.77. The second kappa shape index (κ2) is 8.61. The zero-order chi connectivity index (χ0) is 21.1. The fourth-order valence-electron chi connectivity index (χ4n) is 2.87. The maximum atomic E-state index is 13.2. The molecule has 2 aromatic carbocycles. The van der Waals surface area contributed by atoms with Crippen molar-refractivity contribution in [1.82, 2.24) is 15.1 Å². The van der Waals surface area contributed by atoms with E-state index < -0.39 is 11.7 Å².